The Labute approximate surface area is 321 Å². The molecule has 2 saturated heterocycles. The number of pyridine rings is 1. The molecule has 0 saturated carbocycles. The van der Waals surface area contributed by atoms with Gasteiger partial charge in [0.05, 0.1) is 35.3 Å². The first-order chi connectivity index (χ1) is 26.3. The molecule has 4 aromatic rings. The summed E-state index contributed by atoms with van der Waals surface area (Å²) in [5, 5.41) is 33.4. The van der Waals surface area contributed by atoms with Crippen LogP contribution < -0.4 is 4.74 Å². The van der Waals surface area contributed by atoms with Gasteiger partial charge in [-0.1, -0.05) is 66.2 Å². The minimum atomic E-state index is -1.04. The molecule has 3 aromatic carbocycles. The summed E-state index contributed by atoms with van der Waals surface area (Å²) in [5.41, 5.74) is 4.75. The number of para-hydroxylation sites is 1. The van der Waals surface area contributed by atoms with Crippen LogP contribution in [0.25, 0.3) is 11.6 Å². The second kappa shape index (κ2) is 17.1. The van der Waals surface area contributed by atoms with Crippen molar-refractivity contribution in [1.82, 2.24) is 14.8 Å². The summed E-state index contributed by atoms with van der Waals surface area (Å²) in [4.78, 5) is 37.0. The third-order valence-corrected chi connectivity index (χ3v) is 11.4. The van der Waals surface area contributed by atoms with E-state index in [2.05, 4.69) is 22.0 Å². The molecule has 9 nitrogen and oxygen atoms in total. The van der Waals surface area contributed by atoms with E-state index < -0.39 is 30.5 Å². The quantitative estimate of drug-likeness (QED) is 0.101. The summed E-state index contributed by atoms with van der Waals surface area (Å²) in [6.07, 6.45) is 4.83. The number of ether oxygens (including phenoxy) is 1. The molecule has 7 rings (SSSR count). The summed E-state index contributed by atoms with van der Waals surface area (Å²) in [6, 6.07) is 29.8. The zero-order chi connectivity index (χ0) is 37.6. The number of piperidine rings is 1. The third-order valence-electron chi connectivity index (χ3n) is 11.1. The predicted octanol–water partition coefficient (Wildman–Crippen LogP) is 6.78. The van der Waals surface area contributed by atoms with E-state index in [1.165, 1.54) is 16.5 Å². The van der Waals surface area contributed by atoms with Crippen molar-refractivity contribution in [2.75, 3.05) is 26.3 Å². The molecule has 1 aliphatic carbocycles. The fraction of sp³-hybridized carbons (Fsp3) is 0.341. The lowest BCUT2D eigenvalue weighted by Gasteiger charge is -2.37. The van der Waals surface area contributed by atoms with E-state index in [0.717, 1.165) is 30.8 Å². The first kappa shape index (κ1) is 37.5. The van der Waals surface area contributed by atoms with Crippen LogP contribution in [-0.4, -0.2) is 80.4 Å². The fourth-order valence-electron chi connectivity index (χ4n) is 8.44. The first-order valence-corrected chi connectivity index (χ1v) is 19.1. The third kappa shape index (κ3) is 8.30. The van der Waals surface area contributed by atoms with Gasteiger partial charge in [-0.15, -0.1) is 0 Å². The SMILES string of the molecule is O=C1[C@@H]2[C@@H](CC(COc3ccccc3)=C([C@H](O)CC/C(=C/c3ccc(O)cc3Cl)c3ccccn3)[C@@H]2CO)C(=O)N1C1CCN(Cc2ccccc2)CC1. The van der Waals surface area contributed by atoms with Crippen molar-refractivity contribution in [3.63, 3.8) is 0 Å². The molecule has 3 N–H and O–H groups in total. The highest BCUT2D eigenvalue weighted by molar-refractivity contribution is 6.32. The highest BCUT2D eigenvalue weighted by atomic mass is 35.5. The maximum atomic E-state index is 14.4. The molecule has 3 heterocycles. The van der Waals surface area contributed by atoms with Gasteiger partial charge in [-0.3, -0.25) is 24.4 Å². The summed E-state index contributed by atoms with van der Waals surface area (Å²) < 4.78 is 6.21. The minimum absolute atomic E-state index is 0.0572. The number of nitrogens with zero attached hydrogens (tertiary/aromatic N) is 3. The highest BCUT2D eigenvalue weighted by Gasteiger charge is 2.56. The molecular weight excluding hydrogens is 702 g/mol. The molecular formula is C44H46ClN3O6. The van der Waals surface area contributed by atoms with Crippen molar-refractivity contribution in [3.05, 3.63) is 136 Å². The molecule has 2 amide bonds. The van der Waals surface area contributed by atoms with Gasteiger partial charge in [-0.2, -0.15) is 0 Å². The number of hydrogen-bond acceptors (Lipinski definition) is 8. The second-order valence-electron chi connectivity index (χ2n) is 14.5. The lowest BCUT2D eigenvalue weighted by Crippen LogP contribution is -2.47. The number of amides is 2. The van der Waals surface area contributed by atoms with Gasteiger partial charge in [0.25, 0.3) is 0 Å². The molecule has 0 radical (unpaired) electrons. The summed E-state index contributed by atoms with van der Waals surface area (Å²) in [5.74, 6) is -1.90. The predicted molar refractivity (Wildman–Crippen MR) is 208 cm³/mol. The molecule has 280 valence electrons. The van der Waals surface area contributed by atoms with Crippen molar-refractivity contribution < 1.29 is 29.6 Å². The number of fused-ring (bicyclic) bond motifs is 1. The summed E-state index contributed by atoms with van der Waals surface area (Å²) in [7, 11) is 0. The van der Waals surface area contributed by atoms with Crippen molar-refractivity contribution >= 4 is 35.1 Å². The maximum Gasteiger partial charge on any atom is 0.234 e. The van der Waals surface area contributed by atoms with Gasteiger partial charge in [0.1, 0.15) is 18.1 Å². The Kier molecular flexibility index (Phi) is 11.9. The van der Waals surface area contributed by atoms with Gasteiger partial charge < -0.3 is 20.1 Å². The Morgan fingerprint density at radius 1 is 0.944 bits per heavy atom. The summed E-state index contributed by atoms with van der Waals surface area (Å²) in [6.45, 7) is 2.09. The van der Waals surface area contributed by atoms with E-state index in [0.29, 0.717) is 46.9 Å². The number of phenols is 1. The highest BCUT2D eigenvalue weighted by Crippen LogP contribution is 2.47. The zero-order valence-electron chi connectivity index (χ0n) is 30.1. The number of aromatic nitrogens is 1. The van der Waals surface area contributed by atoms with E-state index in [1.54, 1.807) is 18.3 Å². The largest absolute Gasteiger partial charge is 0.508 e. The average molecular weight is 748 g/mol. The van der Waals surface area contributed by atoms with Gasteiger partial charge in [-0.05, 0) is 108 Å². The van der Waals surface area contributed by atoms with Crippen molar-refractivity contribution in [2.45, 2.75) is 50.8 Å². The van der Waals surface area contributed by atoms with Crippen LogP contribution in [0.15, 0.2) is 114 Å². The average Bonchev–Trinajstić information content (AvgIpc) is 3.45. The Morgan fingerprint density at radius 3 is 2.35 bits per heavy atom. The van der Waals surface area contributed by atoms with E-state index in [1.807, 2.05) is 72.8 Å². The number of phenolic OH excluding ortho intramolecular Hbond substituents is 1. The smallest absolute Gasteiger partial charge is 0.234 e. The van der Waals surface area contributed by atoms with E-state index in [9.17, 15) is 24.9 Å². The number of hydrogen-bond donors (Lipinski definition) is 3. The maximum absolute atomic E-state index is 14.4. The number of aromatic hydroxyl groups is 1. The van der Waals surface area contributed by atoms with Gasteiger partial charge in [0.2, 0.25) is 11.8 Å². The Balaban J connectivity index is 1.14. The van der Waals surface area contributed by atoms with Crippen LogP contribution >= 0.6 is 11.6 Å². The molecule has 54 heavy (non-hydrogen) atoms. The Bertz CT molecular complexity index is 1980. The number of carbonyl (C=O) groups is 2. The topological polar surface area (TPSA) is 123 Å². The van der Waals surface area contributed by atoms with Gasteiger partial charge in [-0.25, -0.2) is 0 Å². The van der Waals surface area contributed by atoms with Crippen LogP contribution in [0.2, 0.25) is 5.02 Å². The summed E-state index contributed by atoms with van der Waals surface area (Å²) >= 11 is 6.48. The van der Waals surface area contributed by atoms with Gasteiger partial charge >= 0.3 is 0 Å². The molecule has 2 fully saturated rings. The molecule has 1 aromatic heterocycles. The van der Waals surface area contributed by atoms with Crippen LogP contribution in [0.1, 0.15) is 48.9 Å². The number of carbonyl (C=O) groups excluding carboxylic acids is 2. The number of rotatable bonds is 13. The number of aliphatic hydroxyl groups excluding tert-OH is 2. The van der Waals surface area contributed by atoms with Crippen molar-refractivity contribution in [2.24, 2.45) is 17.8 Å². The molecule has 2 aliphatic heterocycles. The Morgan fingerprint density at radius 2 is 1.67 bits per heavy atom. The number of aliphatic hydroxyl groups is 2. The molecule has 3 aliphatic rings. The molecule has 0 bridgehead atoms. The molecule has 4 atom stereocenters. The van der Waals surface area contributed by atoms with Crippen LogP contribution in [0.3, 0.4) is 0 Å². The van der Waals surface area contributed by atoms with Crippen LogP contribution in [-0.2, 0) is 16.1 Å². The standard InChI is InChI=1S/C44H46ClN3O6/c45-38-25-34(50)16-14-30(38)23-31(39-13-7-8-20-46-39)15-17-40(51)41-32(28-54-35-11-5-2-6-12-35)24-36-42(37(41)27-49)44(53)48(43(36)52)33-18-21-47(22-19-33)26-29-9-3-1-4-10-29/h1-14,16,20,23,25,33,36-37,40,42,49-51H,15,17-19,21-22,24,26-28H2/b31-23-/t36-,37+,40-,42-/m1/s1. The number of imide groups is 1. The second-order valence-corrected chi connectivity index (χ2v) is 14.9. The first-order valence-electron chi connectivity index (χ1n) is 18.7. The van der Waals surface area contributed by atoms with E-state index in [4.69, 9.17) is 16.3 Å². The zero-order valence-corrected chi connectivity index (χ0v) is 30.9. The lowest BCUT2D eigenvalue weighted by molar-refractivity contribution is -0.144. The van der Waals surface area contributed by atoms with Crippen LogP contribution in [0.4, 0.5) is 0 Å². The molecule has 0 unspecified atom stereocenters. The van der Waals surface area contributed by atoms with Crippen LogP contribution in [0, 0.1) is 17.8 Å². The van der Waals surface area contributed by atoms with Crippen molar-refractivity contribution in [3.8, 4) is 11.5 Å². The lowest BCUT2D eigenvalue weighted by atomic mass is 9.68. The number of benzene rings is 3. The van der Waals surface area contributed by atoms with E-state index >= 15 is 0 Å². The number of likely N-dealkylation sites (tertiary alicyclic amines) is 2. The number of halogens is 1. The van der Waals surface area contributed by atoms with Gasteiger partial charge in [0, 0.05) is 37.8 Å². The fourth-order valence-corrected chi connectivity index (χ4v) is 8.67. The normalized spacial score (nSPS) is 21.7. The van der Waals surface area contributed by atoms with Crippen molar-refractivity contribution in [1.29, 1.82) is 0 Å². The van der Waals surface area contributed by atoms with Crippen LogP contribution in [0.5, 0.6) is 11.5 Å². The number of allylic oxidation sites excluding steroid dienone is 1. The monoisotopic (exact) mass is 747 g/mol. The Hall–Kier alpha value is -4.80. The molecule has 10 heteroatoms. The van der Waals surface area contributed by atoms with Gasteiger partial charge in [0.15, 0.2) is 0 Å². The van der Waals surface area contributed by atoms with E-state index in [-0.39, 0.29) is 43.1 Å². The molecule has 0 spiro atoms. The minimum Gasteiger partial charge on any atom is -0.508 e.